The lowest BCUT2D eigenvalue weighted by Gasteiger charge is -2.38. The second kappa shape index (κ2) is 9.94. The Bertz CT molecular complexity index is 1500. The first kappa shape index (κ1) is 25.3. The summed E-state index contributed by atoms with van der Waals surface area (Å²) in [5.74, 6) is 0.583. The fourth-order valence-corrected chi connectivity index (χ4v) is 12.7. The Kier molecular flexibility index (Phi) is 6.79. The van der Waals surface area contributed by atoms with E-state index in [1.807, 2.05) is 0 Å². The summed E-state index contributed by atoms with van der Waals surface area (Å²) in [6.07, 6.45) is 16.7. The molecule has 0 spiro atoms. The maximum absolute atomic E-state index is 5.63. The van der Waals surface area contributed by atoms with Gasteiger partial charge in [-0.25, -0.2) is 4.98 Å². The van der Waals surface area contributed by atoms with Gasteiger partial charge in [0, 0.05) is 16.4 Å². The molecule has 2 aromatic rings. The van der Waals surface area contributed by atoms with Crippen molar-refractivity contribution in [3.8, 4) is 0 Å². The Morgan fingerprint density at radius 3 is 2.62 bits per heavy atom. The van der Waals surface area contributed by atoms with Crippen LogP contribution >= 0.6 is 15.8 Å². The quantitative estimate of drug-likeness (QED) is 0.414. The monoisotopic (exact) mass is 526 g/mol. The standard InChI is InChI=1S/C33H40N2P2/c1-20(2)36-28-11-7-9-24-19-25-10-8-12-29(33(25)35-32(24)28)37(21(3)4)31-18-23(6)14-16-27(31)34-26-15-13-22(5)17-30(26)36/h7,9-11,13-14,16-17,19-21,23,26,34H,8,12,15,18H2,1-6H3. The lowest BCUT2D eigenvalue weighted by Crippen LogP contribution is -2.37. The first-order chi connectivity index (χ1) is 17.8. The van der Waals surface area contributed by atoms with Crippen LogP contribution in [0.25, 0.3) is 22.3 Å². The van der Waals surface area contributed by atoms with Crippen LogP contribution in [-0.2, 0) is 0 Å². The molecule has 4 heteroatoms. The Morgan fingerprint density at radius 1 is 1.03 bits per heavy atom. The normalized spacial score (nSPS) is 27.2. The highest BCUT2D eigenvalue weighted by Gasteiger charge is 2.34. The summed E-state index contributed by atoms with van der Waals surface area (Å²) in [6, 6.07) is 9.72. The molecule has 2 bridgehead atoms. The number of rotatable bonds is 2. The fraction of sp³-hybridized carbons (Fsp3) is 0.424. The molecule has 4 unspecified atom stereocenters. The number of pyridine rings is 1. The molecular weight excluding hydrogens is 486 g/mol. The lowest BCUT2D eigenvalue weighted by molar-refractivity contribution is 0.643. The van der Waals surface area contributed by atoms with Crippen LogP contribution in [0.2, 0.25) is 0 Å². The van der Waals surface area contributed by atoms with E-state index in [9.17, 15) is 0 Å². The van der Waals surface area contributed by atoms with E-state index < -0.39 is 15.8 Å². The summed E-state index contributed by atoms with van der Waals surface area (Å²) in [7, 11) is -0.984. The molecule has 2 heterocycles. The van der Waals surface area contributed by atoms with Gasteiger partial charge >= 0.3 is 0 Å². The van der Waals surface area contributed by atoms with Gasteiger partial charge in [0.2, 0.25) is 0 Å². The third-order valence-electron chi connectivity index (χ3n) is 8.18. The minimum absolute atomic E-state index is 0.336. The van der Waals surface area contributed by atoms with E-state index >= 15 is 0 Å². The summed E-state index contributed by atoms with van der Waals surface area (Å²) in [5.41, 5.74) is 5.18. The summed E-state index contributed by atoms with van der Waals surface area (Å²) in [4.78, 5) is 5.63. The molecular formula is C33H40N2P2. The van der Waals surface area contributed by atoms with Gasteiger partial charge in [-0.3, -0.25) is 0 Å². The third-order valence-corrected chi connectivity index (χ3v) is 14.1. The van der Waals surface area contributed by atoms with Crippen LogP contribution in [-0.4, -0.2) is 22.3 Å². The van der Waals surface area contributed by atoms with E-state index in [4.69, 9.17) is 4.98 Å². The highest BCUT2D eigenvalue weighted by Crippen LogP contribution is 2.62. The molecule has 0 fully saturated rings. The molecule has 1 N–H and O–H groups in total. The summed E-state index contributed by atoms with van der Waals surface area (Å²) >= 11 is 0. The zero-order chi connectivity index (χ0) is 25.8. The molecule has 4 aliphatic rings. The van der Waals surface area contributed by atoms with Gasteiger partial charge in [0.1, 0.15) is 0 Å². The van der Waals surface area contributed by atoms with Crippen molar-refractivity contribution in [1.29, 1.82) is 0 Å². The van der Waals surface area contributed by atoms with Gasteiger partial charge in [0.05, 0.1) is 16.9 Å². The molecule has 37 heavy (non-hydrogen) atoms. The van der Waals surface area contributed by atoms with E-state index in [-0.39, 0.29) is 0 Å². The first-order valence-corrected chi connectivity index (χ1v) is 16.9. The molecule has 1 aliphatic heterocycles. The van der Waals surface area contributed by atoms with Gasteiger partial charge in [-0.2, -0.15) is 0 Å². The van der Waals surface area contributed by atoms with E-state index in [0.29, 0.717) is 23.3 Å². The second-order valence-electron chi connectivity index (χ2n) is 11.7. The van der Waals surface area contributed by atoms with Crippen LogP contribution in [0.4, 0.5) is 0 Å². The van der Waals surface area contributed by atoms with Crippen LogP contribution < -0.4 is 21.2 Å². The SMILES string of the molecule is CC1=CCC2NC3=C(CC(C)C=C3)P(C(C)C)C3=c4nc5c(cccc5cc4=CCC3)P(C(C)C)C2=C1. The Hall–Kier alpha value is -2.01. The molecule has 2 nitrogen and oxygen atoms in total. The van der Waals surface area contributed by atoms with E-state index in [1.165, 1.54) is 38.0 Å². The van der Waals surface area contributed by atoms with Gasteiger partial charge in [-0.15, -0.1) is 0 Å². The number of nitrogens with one attached hydrogen (secondary N) is 1. The average Bonchev–Trinajstić information content (AvgIpc) is 2.85. The van der Waals surface area contributed by atoms with Crippen LogP contribution in [0.15, 0.2) is 70.5 Å². The van der Waals surface area contributed by atoms with E-state index in [0.717, 1.165) is 25.7 Å². The zero-order valence-corrected chi connectivity index (χ0v) is 25.0. The van der Waals surface area contributed by atoms with Crippen LogP contribution in [0.1, 0.15) is 67.2 Å². The summed E-state index contributed by atoms with van der Waals surface area (Å²) in [5, 5.41) is 14.5. The second-order valence-corrected chi connectivity index (χ2v) is 17.4. The number of hydrogen-bond donors (Lipinski definition) is 1. The maximum Gasteiger partial charge on any atom is 0.0789 e. The molecule has 0 radical (unpaired) electrons. The van der Waals surface area contributed by atoms with Crippen LogP contribution in [0.3, 0.4) is 0 Å². The highest BCUT2D eigenvalue weighted by atomic mass is 31.1. The first-order valence-electron chi connectivity index (χ1n) is 14.1. The topological polar surface area (TPSA) is 24.9 Å². The van der Waals surface area contributed by atoms with Crippen molar-refractivity contribution in [1.82, 2.24) is 10.3 Å². The van der Waals surface area contributed by atoms with Crippen molar-refractivity contribution in [2.24, 2.45) is 5.92 Å². The molecule has 0 saturated heterocycles. The van der Waals surface area contributed by atoms with Crippen molar-refractivity contribution in [2.45, 2.75) is 84.6 Å². The molecule has 1 aromatic carbocycles. The molecule has 1 aromatic heterocycles. The molecule has 0 saturated carbocycles. The Morgan fingerprint density at radius 2 is 1.84 bits per heavy atom. The minimum Gasteiger partial charge on any atom is -0.378 e. The lowest BCUT2D eigenvalue weighted by atomic mass is 9.99. The molecule has 192 valence electrons. The number of para-hydroxylation sites is 1. The summed E-state index contributed by atoms with van der Waals surface area (Å²) in [6.45, 7) is 14.4. The van der Waals surface area contributed by atoms with Crippen LogP contribution in [0, 0.1) is 5.92 Å². The smallest absolute Gasteiger partial charge is 0.0789 e. The molecule has 0 amide bonds. The predicted octanol–water partition coefficient (Wildman–Crippen LogP) is 7.34. The molecule has 6 rings (SSSR count). The van der Waals surface area contributed by atoms with Crippen molar-refractivity contribution >= 4 is 43.4 Å². The average molecular weight is 527 g/mol. The van der Waals surface area contributed by atoms with Crippen molar-refractivity contribution in [2.75, 3.05) is 0 Å². The largest absolute Gasteiger partial charge is 0.378 e. The Balaban J connectivity index is 1.74. The molecule has 4 atom stereocenters. The van der Waals surface area contributed by atoms with Crippen molar-refractivity contribution < 1.29 is 0 Å². The Labute approximate surface area is 224 Å². The van der Waals surface area contributed by atoms with Crippen molar-refractivity contribution in [3.63, 3.8) is 0 Å². The third kappa shape index (κ3) is 4.49. The number of hydrogen-bond acceptors (Lipinski definition) is 2. The van der Waals surface area contributed by atoms with Gasteiger partial charge in [0.25, 0.3) is 0 Å². The molecule has 3 aliphatic carbocycles. The number of nitrogens with zero attached hydrogens (tertiary/aromatic N) is 1. The number of allylic oxidation sites excluding steroid dienone is 5. The number of aromatic nitrogens is 1. The fourth-order valence-electron chi connectivity index (χ4n) is 6.57. The van der Waals surface area contributed by atoms with E-state index in [2.05, 4.69) is 102 Å². The van der Waals surface area contributed by atoms with Gasteiger partial charge < -0.3 is 5.32 Å². The minimum atomic E-state index is -0.536. The zero-order valence-electron chi connectivity index (χ0n) is 23.2. The number of fused-ring (bicyclic) bond motifs is 1. The predicted molar refractivity (Wildman–Crippen MR) is 165 cm³/mol. The van der Waals surface area contributed by atoms with E-state index in [1.54, 1.807) is 15.9 Å². The maximum atomic E-state index is 5.63. The summed E-state index contributed by atoms with van der Waals surface area (Å²) < 4.78 is 0. The highest BCUT2D eigenvalue weighted by molar-refractivity contribution is 7.72. The van der Waals surface area contributed by atoms with Crippen molar-refractivity contribution in [3.05, 3.63) is 81.0 Å². The number of benzene rings is 1. The van der Waals surface area contributed by atoms with Gasteiger partial charge in [-0.1, -0.05) is 82.7 Å². The van der Waals surface area contributed by atoms with Gasteiger partial charge in [-0.05, 0) is 99.0 Å². The van der Waals surface area contributed by atoms with Crippen LogP contribution in [0.5, 0.6) is 0 Å². The van der Waals surface area contributed by atoms with Gasteiger partial charge in [0.15, 0.2) is 0 Å².